The number of likely N-dealkylation sites (N-methyl/N-ethyl adjacent to an activating group) is 2. The summed E-state index contributed by atoms with van der Waals surface area (Å²) in [6, 6.07) is 5.48. The predicted molar refractivity (Wildman–Crippen MR) is 84.5 cm³/mol. The normalized spacial score (nSPS) is 30.6. The van der Waals surface area contributed by atoms with Crippen LogP contribution in [0.5, 0.6) is 0 Å². The third-order valence-corrected chi connectivity index (χ3v) is 4.58. The first-order chi connectivity index (χ1) is 9.61. The first kappa shape index (κ1) is 15.5. The van der Waals surface area contributed by atoms with Gasteiger partial charge in [-0.15, -0.1) is 0 Å². The van der Waals surface area contributed by atoms with E-state index in [1.165, 1.54) is 18.4 Å². The summed E-state index contributed by atoms with van der Waals surface area (Å²) in [4.78, 5) is 6.63. The van der Waals surface area contributed by atoms with Gasteiger partial charge in [-0.25, -0.2) is 0 Å². The Morgan fingerprint density at radius 2 is 1.95 bits per heavy atom. The molecular formula is C17H29N3. The second-order valence-corrected chi connectivity index (χ2v) is 6.48. The van der Waals surface area contributed by atoms with Crippen LogP contribution in [0.15, 0.2) is 24.5 Å². The van der Waals surface area contributed by atoms with Crippen LogP contribution in [0, 0.1) is 11.8 Å². The molecule has 0 radical (unpaired) electrons. The Hall–Kier alpha value is -0.930. The highest BCUT2D eigenvalue weighted by atomic mass is 15.2. The van der Waals surface area contributed by atoms with E-state index in [2.05, 4.69) is 55.2 Å². The summed E-state index contributed by atoms with van der Waals surface area (Å²) in [5, 5.41) is 3.71. The lowest BCUT2D eigenvalue weighted by molar-refractivity contribution is 0.0761. The van der Waals surface area contributed by atoms with E-state index >= 15 is 0 Å². The Morgan fingerprint density at radius 1 is 1.25 bits per heavy atom. The van der Waals surface area contributed by atoms with Gasteiger partial charge in [0, 0.05) is 31.0 Å². The minimum Gasteiger partial charge on any atom is -0.313 e. The van der Waals surface area contributed by atoms with Crippen LogP contribution in [0.2, 0.25) is 0 Å². The molecule has 0 aromatic carbocycles. The summed E-state index contributed by atoms with van der Waals surface area (Å²) in [5.41, 5.74) is 1.35. The fourth-order valence-corrected chi connectivity index (χ4v) is 3.93. The van der Waals surface area contributed by atoms with Crippen LogP contribution < -0.4 is 5.32 Å². The lowest BCUT2D eigenvalue weighted by Crippen LogP contribution is -2.55. The van der Waals surface area contributed by atoms with Crippen molar-refractivity contribution >= 4 is 0 Å². The third kappa shape index (κ3) is 3.80. The van der Waals surface area contributed by atoms with E-state index in [1.807, 2.05) is 12.4 Å². The molecule has 1 heterocycles. The fourth-order valence-electron chi connectivity index (χ4n) is 3.93. The number of rotatable bonds is 5. The van der Waals surface area contributed by atoms with Crippen molar-refractivity contribution in [2.45, 2.75) is 52.2 Å². The van der Waals surface area contributed by atoms with Gasteiger partial charge in [-0.1, -0.05) is 20.8 Å². The van der Waals surface area contributed by atoms with Gasteiger partial charge in [0.15, 0.2) is 0 Å². The zero-order chi connectivity index (χ0) is 14.5. The molecule has 0 amide bonds. The molecule has 1 aromatic rings. The second-order valence-electron chi connectivity index (χ2n) is 6.48. The summed E-state index contributed by atoms with van der Waals surface area (Å²) in [6.45, 7) is 9.08. The molecule has 3 heteroatoms. The number of hydrogen-bond acceptors (Lipinski definition) is 3. The molecule has 1 saturated carbocycles. The maximum absolute atomic E-state index is 4.10. The molecule has 112 valence electrons. The molecule has 2 rings (SSSR count). The van der Waals surface area contributed by atoms with Gasteiger partial charge in [0.05, 0.1) is 0 Å². The van der Waals surface area contributed by atoms with Gasteiger partial charge in [-0.05, 0) is 56.0 Å². The zero-order valence-electron chi connectivity index (χ0n) is 13.3. The Balaban J connectivity index is 2.06. The van der Waals surface area contributed by atoms with Gasteiger partial charge in [0.25, 0.3) is 0 Å². The molecule has 1 aliphatic carbocycles. The van der Waals surface area contributed by atoms with Crippen molar-refractivity contribution < 1.29 is 0 Å². The average Bonchev–Trinajstić information content (AvgIpc) is 2.39. The van der Waals surface area contributed by atoms with Crippen molar-refractivity contribution in [3.63, 3.8) is 0 Å². The molecule has 1 N–H and O–H groups in total. The second kappa shape index (κ2) is 7.19. The average molecular weight is 275 g/mol. The predicted octanol–water partition coefficient (Wildman–Crippen LogP) is 2.93. The number of pyridine rings is 1. The van der Waals surface area contributed by atoms with Crippen LogP contribution >= 0.6 is 0 Å². The maximum Gasteiger partial charge on any atom is 0.0275 e. The first-order valence-electron chi connectivity index (χ1n) is 7.94. The Kier molecular flexibility index (Phi) is 5.55. The lowest BCUT2D eigenvalue weighted by Gasteiger charge is -2.45. The number of aromatic nitrogens is 1. The minimum atomic E-state index is 0.616. The van der Waals surface area contributed by atoms with Crippen molar-refractivity contribution in [1.82, 2.24) is 15.2 Å². The monoisotopic (exact) mass is 275 g/mol. The zero-order valence-corrected chi connectivity index (χ0v) is 13.3. The standard InChI is InChI=1S/C17H29N3/c1-5-19-16-11-13(2)10-14(3)17(16)20(4)12-15-6-8-18-9-7-15/h6-9,13-14,16-17,19H,5,10-12H2,1-4H3. The Morgan fingerprint density at radius 3 is 2.60 bits per heavy atom. The molecule has 3 nitrogen and oxygen atoms in total. The number of hydrogen-bond donors (Lipinski definition) is 1. The van der Waals surface area contributed by atoms with Gasteiger partial charge in [0.2, 0.25) is 0 Å². The summed E-state index contributed by atoms with van der Waals surface area (Å²) in [6.07, 6.45) is 6.41. The van der Waals surface area contributed by atoms with Gasteiger partial charge in [-0.2, -0.15) is 0 Å². The van der Waals surface area contributed by atoms with Crippen molar-refractivity contribution in [2.75, 3.05) is 13.6 Å². The van der Waals surface area contributed by atoms with E-state index < -0.39 is 0 Å². The lowest BCUT2D eigenvalue weighted by atomic mass is 9.76. The molecule has 4 unspecified atom stereocenters. The molecule has 0 saturated heterocycles. The van der Waals surface area contributed by atoms with Crippen molar-refractivity contribution in [3.8, 4) is 0 Å². The largest absolute Gasteiger partial charge is 0.313 e. The third-order valence-electron chi connectivity index (χ3n) is 4.58. The van der Waals surface area contributed by atoms with E-state index in [9.17, 15) is 0 Å². The summed E-state index contributed by atoms with van der Waals surface area (Å²) in [7, 11) is 2.27. The van der Waals surface area contributed by atoms with E-state index in [0.29, 0.717) is 12.1 Å². The Labute approximate surface area is 123 Å². The highest BCUT2D eigenvalue weighted by Crippen LogP contribution is 2.32. The molecule has 1 aliphatic rings. The van der Waals surface area contributed by atoms with E-state index in [0.717, 1.165) is 24.9 Å². The maximum atomic E-state index is 4.10. The van der Waals surface area contributed by atoms with Crippen LogP contribution in [0.25, 0.3) is 0 Å². The molecule has 1 aromatic heterocycles. The van der Waals surface area contributed by atoms with E-state index in [1.54, 1.807) is 0 Å². The number of nitrogens with one attached hydrogen (secondary N) is 1. The highest BCUT2D eigenvalue weighted by molar-refractivity contribution is 5.10. The SMILES string of the molecule is CCNC1CC(C)CC(C)C1N(C)Cc1ccncc1. The van der Waals surface area contributed by atoms with Crippen LogP contribution in [0.3, 0.4) is 0 Å². The van der Waals surface area contributed by atoms with Gasteiger partial charge in [-0.3, -0.25) is 9.88 Å². The van der Waals surface area contributed by atoms with Crippen molar-refractivity contribution in [3.05, 3.63) is 30.1 Å². The molecule has 0 bridgehead atoms. The number of nitrogens with zero attached hydrogens (tertiary/aromatic N) is 2. The smallest absolute Gasteiger partial charge is 0.0275 e. The van der Waals surface area contributed by atoms with Crippen LogP contribution in [0.4, 0.5) is 0 Å². The summed E-state index contributed by atoms with van der Waals surface area (Å²) >= 11 is 0. The summed E-state index contributed by atoms with van der Waals surface area (Å²) < 4.78 is 0. The molecule has 4 atom stereocenters. The topological polar surface area (TPSA) is 28.2 Å². The fraction of sp³-hybridized carbons (Fsp3) is 0.706. The van der Waals surface area contributed by atoms with Crippen LogP contribution in [-0.4, -0.2) is 35.6 Å². The van der Waals surface area contributed by atoms with Crippen molar-refractivity contribution in [2.24, 2.45) is 11.8 Å². The first-order valence-corrected chi connectivity index (χ1v) is 7.94. The quantitative estimate of drug-likeness (QED) is 0.895. The summed E-state index contributed by atoms with van der Waals surface area (Å²) in [5.74, 6) is 1.58. The molecule has 1 fully saturated rings. The van der Waals surface area contributed by atoms with E-state index in [4.69, 9.17) is 0 Å². The molecular weight excluding hydrogens is 246 g/mol. The van der Waals surface area contributed by atoms with E-state index in [-0.39, 0.29) is 0 Å². The van der Waals surface area contributed by atoms with Gasteiger partial charge < -0.3 is 5.32 Å². The highest BCUT2D eigenvalue weighted by Gasteiger charge is 2.35. The molecule has 20 heavy (non-hydrogen) atoms. The van der Waals surface area contributed by atoms with Gasteiger partial charge >= 0.3 is 0 Å². The Bertz CT molecular complexity index is 392. The molecule has 0 spiro atoms. The van der Waals surface area contributed by atoms with Crippen molar-refractivity contribution in [1.29, 1.82) is 0 Å². The minimum absolute atomic E-state index is 0.616. The van der Waals surface area contributed by atoms with Gasteiger partial charge in [0.1, 0.15) is 0 Å². The van der Waals surface area contributed by atoms with Crippen LogP contribution in [-0.2, 0) is 6.54 Å². The molecule has 0 aliphatic heterocycles. The van der Waals surface area contributed by atoms with Crippen LogP contribution in [0.1, 0.15) is 39.2 Å².